The molecule has 0 saturated carbocycles. The Hall–Kier alpha value is -2.35. The van der Waals surface area contributed by atoms with Crippen LogP contribution in [0.2, 0.25) is 0 Å². The highest BCUT2D eigenvalue weighted by molar-refractivity contribution is 7.95. The molecule has 1 aromatic carbocycles. The Morgan fingerprint density at radius 3 is 2.74 bits per heavy atom. The molecule has 0 aliphatic carbocycles. The summed E-state index contributed by atoms with van der Waals surface area (Å²) in [7, 11) is -3.65. The van der Waals surface area contributed by atoms with Crippen molar-refractivity contribution in [3.63, 3.8) is 0 Å². The number of carboxylic acid groups (broad SMARTS) is 1. The number of hydrogen-bond donors (Lipinski definition) is 1. The summed E-state index contributed by atoms with van der Waals surface area (Å²) in [5.41, 5.74) is 0.558. The van der Waals surface area contributed by atoms with Crippen molar-refractivity contribution in [1.29, 1.82) is 0 Å². The molecular formula is C15H15NO6S. The zero-order valence-corrected chi connectivity index (χ0v) is 13.0. The molecule has 0 bridgehead atoms. The number of nitrogens with zero attached hydrogens (tertiary/aromatic N) is 1. The molecule has 2 aliphatic heterocycles. The van der Waals surface area contributed by atoms with E-state index in [2.05, 4.69) is 0 Å². The summed E-state index contributed by atoms with van der Waals surface area (Å²) >= 11 is 0. The summed E-state index contributed by atoms with van der Waals surface area (Å²) in [5.74, 6) is -1.08. The molecule has 1 fully saturated rings. The Morgan fingerprint density at radius 1 is 1.30 bits per heavy atom. The van der Waals surface area contributed by atoms with Gasteiger partial charge in [0.2, 0.25) is 9.84 Å². The first kappa shape index (κ1) is 15.5. The van der Waals surface area contributed by atoms with E-state index in [1.165, 1.54) is 12.1 Å². The molecule has 2 heterocycles. The average molecular weight is 337 g/mol. The van der Waals surface area contributed by atoms with Crippen LogP contribution in [0.15, 0.2) is 34.1 Å². The van der Waals surface area contributed by atoms with Crippen LogP contribution in [0.5, 0.6) is 0 Å². The molecule has 1 saturated heterocycles. The van der Waals surface area contributed by atoms with Gasteiger partial charge in [0, 0.05) is 6.54 Å². The van der Waals surface area contributed by atoms with Crippen LogP contribution in [0.3, 0.4) is 0 Å². The molecule has 0 radical (unpaired) electrons. The van der Waals surface area contributed by atoms with Gasteiger partial charge in [0.15, 0.2) is 0 Å². The number of fused-ring (bicyclic) bond motifs is 1. The lowest BCUT2D eigenvalue weighted by molar-refractivity contribution is -0.141. The normalized spacial score (nSPS) is 21.7. The molecular weight excluding hydrogens is 322 g/mol. The number of sulfone groups is 1. The maximum atomic E-state index is 12.3. The fraction of sp³-hybridized carbons (Fsp3) is 0.333. The first-order chi connectivity index (χ1) is 10.9. The van der Waals surface area contributed by atoms with Crippen LogP contribution in [0.1, 0.15) is 18.4 Å². The van der Waals surface area contributed by atoms with Gasteiger partial charge in [-0.1, -0.05) is 18.2 Å². The van der Waals surface area contributed by atoms with Gasteiger partial charge >= 0.3 is 12.1 Å². The van der Waals surface area contributed by atoms with Crippen LogP contribution < -0.4 is 0 Å². The number of aliphatic carboxylic acids is 1. The van der Waals surface area contributed by atoms with E-state index in [1.54, 1.807) is 18.2 Å². The number of rotatable bonds is 3. The molecule has 0 spiro atoms. The maximum Gasteiger partial charge on any atom is 0.410 e. The highest BCUT2D eigenvalue weighted by Crippen LogP contribution is 2.32. The van der Waals surface area contributed by atoms with Crippen molar-refractivity contribution in [2.75, 3.05) is 13.2 Å². The van der Waals surface area contributed by atoms with E-state index in [0.717, 1.165) is 4.90 Å². The first-order valence-electron chi connectivity index (χ1n) is 7.12. The molecule has 23 heavy (non-hydrogen) atoms. The van der Waals surface area contributed by atoms with Crippen LogP contribution in [-0.2, 0) is 19.4 Å². The quantitative estimate of drug-likeness (QED) is 0.897. The fourth-order valence-electron chi connectivity index (χ4n) is 2.81. The molecule has 2 aliphatic rings. The molecule has 1 atom stereocenters. The lowest BCUT2D eigenvalue weighted by Crippen LogP contribution is -2.41. The topological polar surface area (TPSA) is 101 Å². The average Bonchev–Trinajstić information content (AvgIpc) is 3.09. The number of benzene rings is 1. The summed E-state index contributed by atoms with van der Waals surface area (Å²) in [6, 6.07) is 5.61. The van der Waals surface area contributed by atoms with E-state index in [-0.39, 0.29) is 9.80 Å². The Morgan fingerprint density at radius 2 is 2.04 bits per heavy atom. The van der Waals surface area contributed by atoms with Crippen LogP contribution in [-0.4, -0.2) is 49.7 Å². The van der Waals surface area contributed by atoms with Gasteiger partial charge in [-0.15, -0.1) is 0 Å². The molecule has 3 rings (SSSR count). The minimum atomic E-state index is -3.65. The second-order valence-corrected chi connectivity index (χ2v) is 7.37. The molecule has 1 amide bonds. The van der Waals surface area contributed by atoms with Crippen LogP contribution in [0.25, 0.3) is 6.08 Å². The molecule has 0 unspecified atom stereocenters. The van der Waals surface area contributed by atoms with Crippen molar-refractivity contribution in [2.24, 2.45) is 0 Å². The third-order valence-electron chi connectivity index (χ3n) is 3.98. The molecule has 1 N–H and O–H groups in total. The lowest BCUT2D eigenvalue weighted by Gasteiger charge is -2.20. The molecule has 122 valence electrons. The first-order valence-corrected chi connectivity index (χ1v) is 8.60. The van der Waals surface area contributed by atoms with Gasteiger partial charge in [-0.05, 0) is 30.5 Å². The second kappa shape index (κ2) is 5.69. The molecule has 1 aromatic rings. The van der Waals surface area contributed by atoms with Gasteiger partial charge in [-0.25, -0.2) is 18.0 Å². The number of amides is 1. The van der Waals surface area contributed by atoms with E-state index in [0.29, 0.717) is 24.9 Å². The lowest BCUT2D eigenvalue weighted by atomic mass is 10.2. The summed E-state index contributed by atoms with van der Waals surface area (Å²) < 4.78 is 29.7. The van der Waals surface area contributed by atoms with Crippen molar-refractivity contribution >= 4 is 28.0 Å². The van der Waals surface area contributed by atoms with Gasteiger partial charge in [0.05, 0.1) is 9.80 Å². The fourth-order valence-corrected chi connectivity index (χ4v) is 4.29. The summed E-state index contributed by atoms with van der Waals surface area (Å²) in [6.45, 7) is -0.111. The number of ether oxygens (including phenoxy) is 1. The minimum Gasteiger partial charge on any atom is -0.480 e. The zero-order valence-electron chi connectivity index (χ0n) is 12.1. The predicted octanol–water partition coefficient (Wildman–Crippen LogP) is 1.50. The SMILES string of the molecule is O=C(O)[C@@H]1CCCN1C(=O)OCC1=Cc2ccccc2S1(=O)=O. The van der Waals surface area contributed by atoms with Crippen LogP contribution in [0, 0.1) is 0 Å². The van der Waals surface area contributed by atoms with Gasteiger partial charge in [0.25, 0.3) is 0 Å². The summed E-state index contributed by atoms with van der Waals surface area (Å²) in [5, 5.41) is 9.06. The zero-order chi connectivity index (χ0) is 16.6. The largest absolute Gasteiger partial charge is 0.480 e. The van der Waals surface area contributed by atoms with Crippen molar-refractivity contribution < 1.29 is 27.9 Å². The number of carboxylic acids is 1. The van der Waals surface area contributed by atoms with E-state index < -0.39 is 34.5 Å². The predicted molar refractivity (Wildman–Crippen MR) is 80.3 cm³/mol. The highest BCUT2D eigenvalue weighted by atomic mass is 32.2. The van der Waals surface area contributed by atoms with Gasteiger partial charge < -0.3 is 9.84 Å². The monoisotopic (exact) mass is 337 g/mol. The van der Waals surface area contributed by atoms with Crippen molar-refractivity contribution in [1.82, 2.24) is 4.90 Å². The Labute approximate surface area is 133 Å². The van der Waals surface area contributed by atoms with Crippen LogP contribution >= 0.6 is 0 Å². The number of likely N-dealkylation sites (tertiary alicyclic amines) is 1. The third kappa shape index (κ3) is 2.70. The maximum absolute atomic E-state index is 12.3. The van der Waals surface area contributed by atoms with Crippen molar-refractivity contribution in [2.45, 2.75) is 23.8 Å². The van der Waals surface area contributed by atoms with Gasteiger partial charge in [-0.3, -0.25) is 4.90 Å². The molecule has 7 nitrogen and oxygen atoms in total. The number of carbonyl (C=O) groups is 2. The summed E-state index contributed by atoms with van der Waals surface area (Å²) in [4.78, 5) is 24.4. The van der Waals surface area contributed by atoms with Gasteiger partial charge in [-0.2, -0.15) is 0 Å². The number of hydrogen-bond acceptors (Lipinski definition) is 5. The Bertz CT molecular complexity index is 798. The van der Waals surface area contributed by atoms with Crippen LogP contribution in [0.4, 0.5) is 4.79 Å². The van der Waals surface area contributed by atoms with Gasteiger partial charge in [0.1, 0.15) is 12.6 Å². The third-order valence-corrected chi connectivity index (χ3v) is 5.86. The van der Waals surface area contributed by atoms with E-state index in [1.807, 2.05) is 0 Å². The van der Waals surface area contributed by atoms with E-state index in [4.69, 9.17) is 9.84 Å². The van der Waals surface area contributed by atoms with E-state index >= 15 is 0 Å². The Balaban J connectivity index is 1.70. The molecule has 0 aromatic heterocycles. The number of carbonyl (C=O) groups excluding carboxylic acids is 1. The van der Waals surface area contributed by atoms with Crippen molar-refractivity contribution in [3.05, 3.63) is 34.7 Å². The molecule has 8 heteroatoms. The smallest absolute Gasteiger partial charge is 0.410 e. The summed E-state index contributed by atoms with van der Waals surface area (Å²) in [6.07, 6.45) is 1.62. The second-order valence-electron chi connectivity index (χ2n) is 5.40. The van der Waals surface area contributed by atoms with Crippen molar-refractivity contribution in [3.8, 4) is 0 Å². The standard InChI is InChI=1S/C15H15NO6S/c17-14(18)12-5-3-7-16(12)15(19)22-9-11-8-10-4-1-2-6-13(10)23(11,20)21/h1-2,4,6,8,12H,3,5,7,9H2,(H,17,18)/t12-/m0/s1. The highest BCUT2D eigenvalue weighted by Gasteiger charge is 2.36. The van der Waals surface area contributed by atoms with E-state index in [9.17, 15) is 18.0 Å². The minimum absolute atomic E-state index is 0.00174. The Kier molecular flexibility index (Phi) is 3.85.